The second kappa shape index (κ2) is 4.27. The first-order valence-electron chi connectivity index (χ1n) is 6.54. The summed E-state index contributed by atoms with van der Waals surface area (Å²) in [5, 5.41) is 19.2. The molecule has 21 heavy (non-hydrogen) atoms. The van der Waals surface area contributed by atoms with E-state index in [9.17, 15) is 4.79 Å². The van der Waals surface area contributed by atoms with Gasteiger partial charge in [-0.1, -0.05) is 6.07 Å². The van der Waals surface area contributed by atoms with E-state index >= 15 is 0 Å². The van der Waals surface area contributed by atoms with E-state index in [1.54, 1.807) is 4.68 Å². The second-order valence-electron chi connectivity index (χ2n) is 4.97. The molecule has 0 aliphatic carbocycles. The van der Waals surface area contributed by atoms with Gasteiger partial charge in [0.1, 0.15) is 5.69 Å². The number of benzene rings is 1. The molecule has 0 saturated carbocycles. The number of rotatable bonds is 1. The number of aryl methyl sites for hydroxylation is 1. The van der Waals surface area contributed by atoms with Gasteiger partial charge in [0, 0.05) is 24.2 Å². The molecular formula is C14H12N6O. The monoisotopic (exact) mass is 280 g/mol. The Hall–Kier alpha value is -2.96. The number of amides is 2. The van der Waals surface area contributed by atoms with Crippen LogP contribution in [0.15, 0.2) is 30.5 Å². The average Bonchev–Trinajstić information content (AvgIpc) is 2.85. The lowest BCUT2D eigenvalue weighted by atomic mass is 10.1. The van der Waals surface area contributed by atoms with E-state index in [0.29, 0.717) is 12.2 Å². The van der Waals surface area contributed by atoms with Gasteiger partial charge in [0.2, 0.25) is 0 Å². The van der Waals surface area contributed by atoms with Crippen LogP contribution in [0, 0.1) is 0 Å². The number of nitrogens with zero attached hydrogens (tertiary/aromatic N) is 4. The van der Waals surface area contributed by atoms with Crippen LogP contribution in [-0.4, -0.2) is 26.0 Å². The van der Waals surface area contributed by atoms with Crippen LogP contribution >= 0.6 is 0 Å². The molecule has 4 rings (SSSR count). The summed E-state index contributed by atoms with van der Waals surface area (Å²) in [7, 11) is 1.89. The number of hydrogen-bond acceptors (Lipinski definition) is 4. The fourth-order valence-corrected chi connectivity index (χ4v) is 2.44. The Balaban J connectivity index is 1.80. The molecule has 0 fully saturated rings. The van der Waals surface area contributed by atoms with Gasteiger partial charge < -0.3 is 10.6 Å². The van der Waals surface area contributed by atoms with Crippen LogP contribution in [0.3, 0.4) is 0 Å². The summed E-state index contributed by atoms with van der Waals surface area (Å²) in [6, 6.07) is 7.55. The van der Waals surface area contributed by atoms with Gasteiger partial charge in [0.25, 0.3) is 0 Å². The number of aromatic nitrogens is 4. The Morgan fingerprint density at radius 2 is 2.14 bits per heavy atom. The summed E-state index contributed by atoms with van der Waals surface area (Å²) in [4.78, 5) is 11.4. The number of anilines is 1. The van der Waals surface area contributed by atoms with Crippen LogP contribution in [0.25, 0.3) is 22.2 Å². The third kappa shape index (κ3) is 1.99. The van der Waals surface area contributed by atoms with Crippen LogP contribution in [-0.2, 0) is 13.6 Å². The molecule has 0 saturated heterocycles. The minimum atomic E-state index is -0.218. The molecule has 0 radical (unpaired) electrons. The topological polar surface area (TPSA) is 84.7 Å². The van der Waals surface area contributed by atoms with E-state index in [-0.39, 0.29) is 6.03 Å². The van der Waals surface area contributed by atoms with Crippen molar-refractivity contribution in [1.82, 2.24) is 25.3 Å². The molecular weight excluding hydrogens is 268 g/mol. The largest absolute Gasteiger partial charge is 0.332 e. The maximum absolute atomic E-state index is 11.4. The third-order valence-electron chi connectivity index (χ3n) is 3.45. The zero-order chi connectivity index (χ0) is 14.4. The zero-order valence-corrected chi connectivity index (χ0v) is 11.3. The van der Waals surface area contributed by atoms with Gasteiger partial charge in [0.05, 0.1) is 23.4 Å². The first-order chi connectivity index (χ1) is 10.2. The van der Waals surface area contributed by atoms with Gasteiger partial charge in [-0.3, -0.25) is 4.68 Å². The quantitative estimate of drug-likeness (QED) is 0.710. The normalized spacial score (nSPS) is 13.7. The highest BCUT2D eigenvalue weighted by Crippen LogP contribution is 2.26. The first kappa shape index (κ1) is 11.8. The van der Waals surface area contributed by atoms with E-state index < -0.39 is 0 Å². The van der Waals surface area contributed by atoms with Gasteiger partial charge >= 0.3 is 6.03 Å². The Morgan fingerprint density at radius 1 is 1.24 bits per heavy atom. The van der Waals surface area contributed by atoms with Crippen molar-refractivity contribution in [3.05, 3.63) is 36.2 Å². The van der Waals surface area contributed by atoms with Crippen molar-refractivity contribution in [3.63, 3.8) is 0 Å². The molecule has 1 aromatic carbocycles. The van der Waals surface area contributed by atoms with Gasteiger partial charge in [-0.05, 0) is 18.2 Å². The number of carbonyl (C=O) groups is 1. The predicted molar refractivity (Wildman–Crippen MR) is 77.6 cm³/mol. The van der Waals surface area contributed by atoms with E-state index in [2.05, 4.69) is 25.9 Å². The smallest absolute Gasteiger partial charge is 0.319 e. The molecule has 1 aliphatic heterocycles. The minimum Gasteiger partial charge on any atom is -0.332 e. The van der Waals surface area contributed by atoms with Crippen molar-refractivity contribution < 1.29 is 4.79 Å². The third-order valence-corrected chi connectivity index (χ3v) is 3.45. The van der Waals surface area contributed by atoms with Crippen LogP contribution in [0.1, 0.15) is 5.69 Å². The fourth-order valence-electron chi connectivity index (χ4n) is 2.44. The van der Waals surface area contributed by atoms with Gasteiger partial charge in [-0.15, -0.1) is 0 Å². The maximum Gasteiger partial charge on any atom is 0.319 e. The lowest BCUT2D eigenvalue weighted by Crippen LogP contribution is -2.34. The Kier molecular flexibility index (Phi) is 2.41. The number of fused-ring (bicyclic) bond motifs is 2. The average molecular weight is 280 g/mol. The van der Waals surface area contributed by atoms with Crippen molar-refractivity contribution in [2.75, 3.05) is 5.32 Å². The van der Waals surface area contributed by atoms with Crippen LogP contribution < -0.4 is 10.6 Å². The van der Waals surface area contributed by atoms with Crippen LogP contribution in [0.2, 0.25) is 0 Å². The summed E-state index contributed by atoms with van der Waals surface area (Å²) in [5.41, 5.74) is 4.04. The zero-order valence-electron chi connectivity index (χ0n) is 11.3. The summed E-state index contributed by atoms with van der Waals surface area (Å²) >= 11 is 0. The lowest BCUT2D eigenvalue weighted by Gasteiger charge is -2.17. The van der Waals surface area contributed by atoms with Gasteiger partial charge in [-0.25, -0.2) is 4.79 Å². The Bertz CT molecular complexity index is 869. The summed E-state index contributed by atoms with van der Waals surface area (Å²) in [6.45, 7) is 0.399. The molecule has 2 N–H and O–H groups in total. The summed E-state index contributed by atoms with van der Waals surface area (Å²) in [5.74, 6) is 0. The van der Waals surface area contributed by atoms with Crippen molar-refractivity contribution in [3.8, 4) is 11.3 Å². The minimum absolute atomic E-state index is 0.218. The van der Waals surface area contributed by atoms with E-state index in [1.807, 2.05) is 37.5 Å². The van der Waals surface area contributed by atoms with Crippen LogP contribution in [0.4, 0.5) is 10.5 Å². The molecule has 0 unspecified atom stereocenters. The summed E-state index contributed by atoms with van der Waals surface area (Å²) in [6.07, 6.45) is 1.95. The standard InChI is InChI=1S/C14H12N6O/c1-20-7-9-4-8(2-3-10(9)19-20)11-5-12-13(18-17-11)6-15-14(21)16-12/h2-5,7H,6H2,1H3,(H2,15,16,21). The fraction of sp³-hybridized carbons (Fsp3) is 0.143. The molecule has 104 valence electrons. The van der Waals surface area contributed by atoms with Crippen LogP contribution in [0.5, 0.6) is 0 Å². The van der Waals surface area contributed by atoms with Crippen molar-refractivity contribution in [1.29, 1.82) is 0 Å². The number of urea groups is 1. The van der Waals surface area contributed by atoms with Gasteiger partial charge in [0.15, 0.2) is 0 Å². The number of nitrogens with one attached hydrogen (secondary N) is 2. The van der Waals surface area contributed by atoms with Crippen molar-refractivity contribution >= 4 is 22.6 Å². The molecule has 2 aromatic heterocycles. The second-order valence-corrected chi connectivity index (χ2v) is 4.97. The maximum atomic E-state index is 11.4. The summed E-state index contributed by atoms with van der Waals surface area (Å²) < 4.78 is 1.78. The SMILES string of the molecule is Cn1cc2cc(-c3cc4c(nn3)CNC(=O)N4)ccc2n1. The molecule has 2 amide bonds. The lowest BCUT2D eigenvalue weighted by molar-refractivity contribution is 0.250. The number of hydrogen-bond donors (Lipinski definition) is 2. The highest BCUT2D eigenvalue weighted by molar-refractivity contribution is 5.92. The van der Waals surface area contributed by atoms with E-state index in [4.69, 9.17) is 0 Å². The highest BCUT2D eigenvalue weighted by Gasteiger charge is 2.16. The molecule has 0 atom stereocenters. The highest BCUT2D eigenvalue weighted by atomic mass is 16.2. The molecule has 3 aromatic rings. The van der Waals surface area contributed by atoms with E-state index in [0.717, 1.165) is 27.9 Å². The first-order valence-corrected chi connectivity index (χ1v) is 6.54. The molecule has 0 bridgehead atoms. The molecule has 1 aliphatic rings. The van der Waals surface area contributed by atoms with E-state index in [1.165, 1.54) is 0 Å². The molecule has 0 spiro atoms. The molecule has 7 nitrogen and oxygen atoms in total. The van der Waals surface area contributed by atoms with Crippen molar-refractivity contribution in [2.24, 2.45) is 7.05 Å². The molecule has 7 heteroatoms. The van der Waals surface area contributed by atoms with Gasteiger partial charge in [-0.2, -0.15) is 15.3 Å². The number of carbonyl (C=O) groups excluding carboxylic acids is 1. The Labute approximate surface area is 120 Å². The Morgan fingerprint density at radius 3 is 3.05 bits per heavy atom. The predicted octanol–water partition coefficient (Wildman–Crippen LogP) is 1.67. The molecule has 3 heterocycles. The van der Waals surface area contributed by atoms with Crippen molar-refractivity contribution in [2.45, 2.75) is 6.54 Å².